The van der Waals surface area contributed by atoms with E-state index in [1.54, 1.807) is 0 Å². The Hall–Kier alpha value is -0.0800. The first-order chi connectivity index (χ1) is 6.47. The summed E-state index contributed by atoms with van der Waals surface area (Å²) in [5.74, 6) is 0.618. The van der Waals surface area contributed by atoms with Gasteiger partial charge in [-0.1, -0.05) is 20.8 Å². The normalized spacial score (nSPS) is 47.1. The number of aliphatic hydroxyl groups excluding tert-OH is 1. The lowest BCUT2D eigenvalue weighted by Gasteiger charge is -2.55. The molecule has 1 aliphatic carbocycles. The van der Waals surface area contributed by atoms with Crippen LogP contribution < -0.4 is 0 Å². The van der Waals surface area contributed by atoms with Gasteiger partial charge in [0.1, 0.15) is 0 Å². The predicted molar refractivity (Wildman–Crippen MR) is 56.1 cm³/mol. The van der Waals surface area contributed by atoms with Crippen LogP contribution in [0.2, 0.25) is 0 Å². The molecular formula is C12H22O2. The van der Waals surface area contributed by atoms with Crippen LogP contribution in [-0.4, -0.2) is 24.4 Å². The molecule has 2 nitrogen and oxygen atoms in total. The molecule has 0 radical (unpaired) electrons. The Kier molecular flexibility index (Phi) is 2.39. The maximum Gasteiger partial charge on any atom is 0.0594 e. The highest BCUT2D eigenvalue weighted by Gasteiger charge is 2.51. The molecule has 2 fully saturated rings. The van der Waals surface area contributed by atoms with Gasteiger partial charge in [0.15, 0.2) is 0 Å². The van der Waals surface area contributed by atoms with Gasteiger partial charge in [0.2, 0.25) is 0 Å². The molecule has 1 N–H and O–H groups in total. The van der Waals surface area contributed by atoms with Crippen molar-refractivity contribution in [2.45, 2.75) is 46.1 Å². The molecule has 0 amide bonds. The van der Waals surface area contributed by atoms with Crippen LogP contribution in [0.25, 0.3) is 0 Å². The summed E-state index contributed by atoms with van der Waals surface area (Å²) in [6.07, 6.45) is 3.03. The standard InChI is InChI=1S/C12H22O2/c1-11(2)9-5-7-14-8-12(9,3)6-4-10(11)13/h9-10,13H,4-8H2,1-3H3. The zero-order valence-electron chi connectivity index (χ0n) is 9.55. The van der Waals surface area contributed by atoms with Crippen molar-refractivity contribution in [3.05, 3.63) is 0 Å². The SMILES string of the molecule is CC12CCC(O)C(C)(C)C1CCOC2. The first-order valence-electron chi connectivity index (χ1n) is 5.73. The van der Waals surface area contributed by atoms with E-state index in [9.17, 15) is 5.11 Å². The highest BCUT2D eigenvalue weighted by molar-refractivity contribution is 5.00. The molecule has 1 aliphatic heterocycles. The van der Waals surface area contributed by atoms with Crippen LogP contribution in [0.5, 0.6) is 0 Å². The Morgan fingerprint density at radius 2 is 1.93 bits per heavy atom. The van der Waals surface area contributed by atoms with Crippen LogP contribution in [0.3, 0.4) is 0 Å². The lowest BCUT2D eigenvalue weighted by atomic mass is 9.54. The number of fused-ring (bicyclic) bond motifs is 1. The summed E-state index contributed by atoms with van der Waals surface area (Å²) in [6.45, 7) is 8.50. The van der Waals surface area contributed by atoms with E-state index in [4.69, 9.17) is 4.74 Å². The molecule has 3 unspecified atom stereocenters. The molecular weight excluding hydrogens is 176 g/mol. The van der Waals surface area contributed by atoms with Gasteiger partial charge in [-0.3, -0.25) is 0 Å². The Bertz CT molecular complexity index is 220. The summed E-state index contributed by atoms with van der Waals surface area (Å²) < 4.78 is 5.59. The van der Waals surface area contributed by atoms with Crippen molar-refractivity contribution in [1.29, 1.82) is 0 Å². The minimum Gasteiger partial charge on any atom is -0.393 e. The summed E-state index contributed by atoms with van der Waals surface area (Å²) in [6, 6.07) is 0. The van der Waals surface area contributed by atoms with Crippen LogP contribution in [-0.2, 0) is 4.74 Å². The fourth-order valence-corrected chi connectivity index (χ4v) is 3.54. The molecule has 1 saturated carbocycles. The fourth-order valence-electron chi connectivity index (χ4n) is 3.54. The van der Waals surface area contributed by atoms with E-state index in [0.717, 1.165) is 32.5 Å². The first kappa shape index (κ1) is 10.4. The fraction of sp³-hybridized carbons (Fsp3) is 1.00. The summed E-state index contributed by atoms with van der Waals surface area (Å²) in [5, 5.41) is 10.0. The molecule has 14 heavy (non-hydrogen) atoms. The van der Waals surface area contributed by atoms with Gasteiger partial charge in [-0.15, -0.1) is 0 Å². The molecule has 0 aromatic heterocycles. The van der Waals surface area contributed by atoms with Gasteiger partial charge < -0.3 is 9.84 Å². The molecule has 1 saturated heterocycles. The molecule has 82 valence electrons. The van der Waals surface area contributed by atoms with Gasteiger partial charge in [-0.25, -0.2) is 0 Å². The molecule has 3 atom stereocenters. The van der Waals surface area contributed by atoms with E-state index >= 15 is 0 Å². The van der Waals surface area contributed by atoms with E-state index in [1.807, 2.05) is 0 Å². The van der Waals surface area contributed by atoms with Crippen molar-refractivity contribution in [1.82, 2.24) is 0 Å². The van der Waals surface area contributed by atoms with E-state index in [-0.39, 0.29) is 11.5 Å². The van der Waals surface area contributed by atoms with Crippen molar-refractivity contribution in [3.63, 3.8) is 0 Å². The second-order valence-corrected chi connectivity index (χ2v) is 5.92. The van der Waals surface area contributed by atoms with E-state index in [1.165, 1.54) is 0 Å². The predicted octanol–water partition coefficient (Wildman–Crippen LogP) is 2.21. The lowest BCUT2D eigenvalue weighted by molar-refractivity contribution is -0.156. The van der Waals surface area contributed by atoms with E-state index < -0.39 is 0 Å². The average Bonchev–Trinajstić information content (AvgIpc) is 2.13. The van der Waals surface area contributed by atoms with E-state index in [2.05, 4.69) is 20.8 Å². The third-order valence-electron chi connectivity index (χ3n) is 4.57. The molecule has 2 aliphatic rings. The van der Waals surface area contributed by atoms with Crippen LogP contribution >= 0.6 is 0 Å². The Morgan fingerprint density at radius 3 is 2.64 bits per heavy atom. The largest absolute Gasteiger partial charge is 0.393 e. The first-order valence-corrected chi connectivity index (χ1v) is 5.73. The van der Waals surface area contributed by atoms with Gasteiger partial charge in [0.25, 0.3) is 0 Å². The van der Waals surface area contributed by atoms with Crippen molar-refractivity contribution in [2.75, 3.05) is 13.2 Å². The van der Waals surface area contributed by atoms with Gasteiger partial charge in [0, 0.05) is 6.61 Å². The lowest BCUT2D eigenvalue weighted by Crippen LogP contribution is -2.53. The maximum absolute atomic E-state index is 10.0. The third-order valence-corrected chi connectivity index (χ3v) is 4.57. The summed E-state index contributed by atoms with van der Waals surface area (Å²) in [5.41, 5.74) is 0.373. The Balaban J connectivity index is 2.26. The molecule has 2 rings (SSSR count). The van der Waals surface area contributed by atoms with Crippen molar-refractivity contribution < 1.29 is 9.84 Å². The Morgan fingerprint density at radius 1 is 1.21 bits per heavy atom. The van der Waals surface area contributed by atoms with Crippen LogP contribution in [0.1, 0.15) is 40.0 Å². The van der Waals surface area contributed by atoms with Crippen molar-refractivity contribution in [2.24, 2.45) is 16.7 Å². The number of aliphatic hydroxyl groups is 1. The highest BCUT2D eigenvalue weighted by Crippen LogP contribution is 2.54. The van der Waals surface area contributed by atoms with Crippen LogP contribution in [0.15, 0.2) is 0 Å². The zero-order chi connectivity index (χ0) is 10.4. The molecule has 0 spiro atoms. The zero-order valence-corrected chi connectivity index (χ0v) is 9.55. The molecule has 2 heteroatoms. The molecule has 0 aromatic rings. The van der Waals surface area contributed by atoms with Gasteiger partial charge in [-0.05, 0) is 36.0 Å². The Labute approximate surface area is 86.6 Å². The smallest absolute Gasteiger partial charge is 0.0594 e. The minimum absolute atomic E-state index is 0.0663. The quantitative estimate of drug-likeness (QED) is 0.646. The van der Waals surface area contributed by atoms with Crippen molar-refractivity contribution >= 4 is 0 Å². The topological polar surface area (TPSA) is 29.5 Å². The summed E-state index contributed by atoms with van der Waals surface area (Å²) in [7, 11) is 0. The second-order valence-electron chi connectivity index (χ2n) is 5.92. The van der Waals surface area contributed by atoms with Gasteiger partial charge in [-0.2, -0.15) is 0 Å². The maximum atomic E-state index is 10.0. The molecule has 1 heterocycles. The second kappa shape index (κ2) is 3.21. The number of hydrogen-bond acceptors (Lipinski definition) is 2. The average molecular weight is 198 g/mol. The van der Waals surface area contributed by atoms with Gasteiger partial charge >= 0.3 is 0 Å². The highest BCUT2D eigenvalue weighted by atomic mass is 16.5. The third kappa shape index (κ3) is 1.40. The number of hydrogen-bond donors (Lipinski definition) is 1. The molecule has 0 bridgehead atoms. The van der Waals surface area contributed by atoms with E-state index in [0.29, 0.717) is 11.3 Å². The van der Waals surface area contributed by atoms with Crippen molar-refractivity contribution in [3.8, 4) is 0 Å². The molecule has 0 aromatic carbocycles. The minimum atomic E-state index is -0.126. The number of rotatable bonds is 0. The van der Waals surface area contributed by atoms with Crippen LogP contribution in [0.4, 0.5) is 0 Å². The summed E-state index contributed by atoms with van der Waals surface area (Å²) >= 11 is 0. The van der Waals surface area contributed by atoms with Crippen LogP contribution in [0, 0.1) is 16.7 Å². The van der Waals surface area contributed by atoms with Gasteiger partial charge in [0.05, 0.1) is 12.7 Å². The number of ether oxygens (including phenoxy) is 1. The summed E-state index contributed by atoms with van der Waals surface area (Å²) in [4.78, 5) is 0. The monoisotopic (exact) mass is 198 g/mol.